The maximum Gasteiger partial charge on any atom is 0.276 e. The fourth-order valence-electron chi connectivity index (χ4n) is 2.92. The third kappa shape index (κ3) is 2.50. The number of hydrogen-bond acceptors (Lipinski definition) is 5. The summed E-state index contributed by atoms with van der Waals surface area (Å²) >= 11 is 0. The third-order valence-corrected chi connectivity index (χ3v) is 4.30. The molecule has 4 rings (SSSR count). The Balaban J connectivity index is 1.58. The summed E-state index contributed by atoms with van der Waals surface area (Å²) < 4.78 is 5.32. The summed E-state index contributed by atoms with van der Waals surface area (Å²) in [4.78, 5) is 18.8. The predicted molar refractivity (Wildman–Crippen MR) is 79.4 cm³/mol. The van der Waals surface area contributed by atoms with E-state index in [1.54, 1.807) is 6.20 Å². The summed E-state index contributed by atoms with van der Waals surface area (Å²) in [6, 6.07) is 5.69. The quantitative estimate of drug-likeness (QED) is 0.934. The molecular weight excluding hydrogens is 280 g/mol. The Bertz CT molecular complexity index is 666. The molecule has 1 aliphatic heterocycles. The number of pyridine rings is 1. The Morgan fingerprint density at radius 3 is 3.09 bits per heavy atom. The van der Waals surface area contributed by atoms with E-state index in [0.717, 1.165) is 37.3 Å². The van der Waals surface area contributed by atoms with Crippen LogP contribution in [0.2, 0.25) is 0 Å². The monoisotopic (exact) mass is 298 g/mol. The van der Waals surface area contributed by atoms with Crippen LogP contribution in [-0.2, 0) is 0 Å². The second-order valence-electron chi connectivity index (χ2n) is 5.89. The molecule has 1 saturated carbocycles. The van der Waals surface area contributed by atoms with Gasteiger partial charge in [0.25, 0.3) is 5.91 Å². The highest BCUT2D eigenvalue weighted by Crippen LogP contribution is 2.40. The minimum Gasteiger partial charge on any atom is -0.360 e. The Hall–Kier alpha value is -2.21. The zero-order valence-electron chi connectivity index (χ0n) is 12.2. The van der Waals surface area contributed by atoms with Gasteiger partial charge in [0.2, 0.25) is 0 Å². The number of amides is 1. The zero-order chi connectivity index (χ0) is 14.9. The molecule has 2 aromatic heterocycles. The third-order valence-electron chi connectivity index (χ3n) is 4.30. The summed E-state index contributed by atoms with van der Waals surface area (Å²) in [5.41, 5.74) is 1.45. The van der Waals surface area contributed by atoms with Crippen LogP contribution in [0.4, 0.5) is 0 Å². The highest BCUT2D eigenvalue weighted by atomic mass is 16.5. The number of nitrogens with zero attached hydrogens (tertiary/aromatic N) is 3. The summed E-state index contributed by atoms with van der Waals surface area (Å²) in [5, 5.41) is 7.32. The fourth-order valence-corrected chi connectivity index (χ4v) is 2.92. The lowest BCUT2D eigenvalue weighted by molar-refractivity contribution is 0.0623. The fraction of sp³-hybridized carbons (Fsp3) is 0.438. The van der Waals surface area contributed by atoms with Crippen LogP contribution in [0.25, 0.3) is 0 Å². The van der Waals surface area contributed by atoms with E-state index in [1.807, 2.05) is 29.3 Å². The van der Waals surface area contributed by atoms with Gasteiger partial charge in [0.15, 0.2) is 5.69 Å². The molecule has 2 fully saturated rings. The van der Waals surface area contributed by atoms with E-state index in [2.05, 4.69) is 15.5 Å². The molecule has 0 spiro atoms. The van der Waals surface area contributed by atoms with Crippen molar-refractivity contribution in [2.24, 2.45) is 0 Å². The number of nitrogens with one attached hydrogen (secondary N) is 1. The minimum absolute atomic E-state index is 0.0176. The Labute approximate surface area is 128 Å². The van der Waals surface area contributed by atoms with Crippen LogP contribution in [0, 0.1) is 0 Å². The molecule has 6 nitrogen and oxygen atoms in total. The van der Waals surface area contributed by atoms with Gasteiger partial charge in [-0.05, 0) is 24.5 Å². The van der Waals surface area contributed by atoms with Crippen molar-refractivity contribution in [2.45, 2.75) is 24.8 Å². The smallest absolute Gasteiger partial charge is 0.276 e. The zero-order valence-corrected chi connectivity index (χ0v) is 12.2. The van der Waals surface area contributed by atoms with Crippen LogP contribution >= 0.6 is 0 Å². The molecule has 0 bridgehead atoms. The molecule has 2 aromatic rings. The Kier molecular flexibility index (Phi) is 3.38. The van der Waals surface area contributed by atoms with Crippen LogP contribution in [0.1, 0.15) is 46.6 Å². The van der Waals surface area contributed by atoms with E-state index in [-0.39, 0.29) is 11.9 Å². The van der Waals surface area contributed by atoms with Crippen molar-refractivity contribution >= 4 is 5.91 Å². The van der Waals surface area contributed by atoms with Crippen molar-refractivity contribution in [3.8, 4) is 0 Å². The normalized spacial score (nSPS) is 21.8. The maximum absolute atomic E-state index is 12.8. The second-order valence-corrected chi connectivity index (χ2v) is 5.89. The largest absolute Gasteiger partial charge is 0.360 e. The van der Waals surface area contributed by atoms with Crippen LogP contribution < -0.4 is 5.32 Å². The van der Waals surface area contributed by atoms with Gasteiger partial charge in [-0.15, -0.1) is 0 Å². The number of piperazine rings is 1. The molecule has 0 radical (unpaired) electrons. The van der Waals surface area contributed by atoms with Gasteiger partial charge in [-0.2, -0.15) is 0 Å². The number of carbonyl (C=O) groups is 1. The van der Waals surface area contributed by atoms with Gasteiger partial charge in [0.1, 0.15) is 5.76 Å². The number of hydrogen-bond donors (Lipinski definition) is 1. The maximum atomic E-state index is 12.8. The lowest BCUT2D eigenvalue weighted by Gasteiger charge is -2.35. The van der Waals surface area contributed by atoms with Crippen molar-refractivity contribution in [1.29, 1.82) is 0 Å². The predicted octanol–water partition coefficient (Wildman–Crippen LogP) is 1.73. The summed E-state index contributed by atoms with van der Waals surface area (Å²) in [5.74, 6) is 1.24. The van der Waals surface area contributed by atoms with Gasteiger partial charge in [-0.25, -0.2) is 0 Å². The molecule has 1 saturated heterocycles. The molecular formula is C16H18N4O2. The van der Waals surface area contributed by atoms with Gasteiger partial charge in [0.05, 0.1) is 6.04 Å². The van der Waals surface area contributed by atoms with E-state index in [0.29, 0.717) is 18.2 Å². The van der Waals surface area contributed by atoms with E-state index >= 15 is 0 Å². The van der Waals surface area contributed by atoms with E-state index in [1.165, 1.54) is 0 Å². The van der Waals surface area contributed by atoms with Crippen molar-refractivity contribution in [2.75, 3.05) is 19.6 Å². The SMILES string of the molecule is O=C(c1cc(C2CC2)on1)N1CCNCC1c1cccnc1. The van der Waals surface area contributed by atoms with Crippen molar-refractivity contribution in [3.63, 3.8) is 0 Å². The second kappa shape index (κ2) is 5.53. The number of carbonyl (C=O) groups excluding carboxylic acids is 1. The van der Waals surface area contributed by atoms with Crippen LogP contribution in [0.5, 0.6) is 0 Å². The van der Waals surface area contributed by atoms with Crippen LogP contribution in [0.15, 0.2) is 35.1 Å². The number of rotatable bonds is 3. The first-order chi connectivity index (χ1) is 10.8. The van der Waals surface area contributed by atoms with Gasteiger partial charge >= 0.3 is 0 Å². The average molecular weight is 298 g/mol. The lowest BCUT2D eigenvalue weighted by atomic mass is 10.0. The first-order valence-corrected chi connectivity index (χ1v) is 7.71. The first-order valence-electron chi connectivity index (χ1n) is 7.71. The Morgan fingerprint density at radius 1 is 1.41 bits per heavy atom. The molecule has 0 aromatic carbocycles. The molecule has 6 heteroatoms. The molecule has 22 heavy (non-hydrogen) atoms. The Morgan fingerprint density at radius 2 is 2.32 bits per heavy atom. The van der Waals surface area contributed by atoms with Gasteiger partial charge in [-0.1, -0.05) is 11.2 Å². The summed E-state index contributed by atoms with van der Waals surface area (Å²) in [6.45, 7) is 2.17. The highest BCUT2D eigenvalue weighted by molar-refractivity contribution is 5.92. The first kappa shape index (κ1) is 13.5. The summed E-state index contributed by atoms with van der Waals surface area (Å²) in [7, 11) is 0. The van der Waals surface area contributed by atoms with Crippen LogP contribution in [-0.4, -0.2) is 40.6 Å². The molecule has 1 amide bonds. The van der Waals surface area contributed by atoms with Gasteiger partial charge in [0, 0.05) is 44.0 Å². The molecule has 1 aliphatic carbocycles. The van der Waals surface area contributed by atoms with E-state index in [9.17, 15) is 4.79 Å². The molecule has 1 atom stereocenters. The minimum atomic E-state index is -0.0639. The standard InChI is InChI=1S/C16H18N4O2/c21-16(13-8-15(22-19-13)11-3-4-11)20-7-6-18-10-14(20)12-2-1-5-17-9-12/h1-2,5,8-9,11,14,18H,3-4,6-7,10H2. The molecule has 1 unspecified atom stereocenters. The van der Waals surface area contributed by atoms with Gasteiger partial charge in [-0.3, -0.25) is 9.78 Å². The molecule has 1 N–H and O–H groups in total. The lowest BCUT2D eigenvalue weighted by Crippen LogP contribution is -2.48. The van der Waals surface area contributed by atoms with Crippen molar-refractivity contribution in [3.05, 3.63) is 47.6 Å². The molecule has 2 aliphatic rings. The number of aromatic nitrogens is 2. The molecule has 114 valence electrons. The summed E-state index contributed by atoms with van der Waals surface area (Å²) in [6.07, 6.45) is 5.82. The van der Waals surface area contributed by atoms with E-state index in [4.69, 9.17) is 4.52 Å². The van der Waals surface area contributed by atoms with E-state index < -0.39 is 0 Å². The van der Waals surface area contributed by atoms with Crippen molar-refractivity contribution in [1.82, 2.24) is 20.4 Å². The topological polar surface area (TPSA) is 71.3 Å². The van der Waals surface area contributed by atoms with Crippen molar-refractivity contribution < 1.29 is 9.32 Å². The average Bonchev–Trinajstić information content (AvgIpc) is 3.32. The van der Waals surface area contributed by atoms with Gasteiger partial charge < -0.3 is 14.7 Å². The molecule has 3 heterocycles. The highest BCUT2D eigenvalue weighted by Gasteiger charge is 2.33. The van der Waals surface area contributed by atoms with Crippen LogP contribution in [0.3, 0.4) is 0 Å².